The maximum absolute atomic E-state index is 13.4. The molecule has 168 valence electrons. The molecule has 0 saturated heterocycles. The van der Waals surface area contributed by atoms with Crippen molar-refractivity contribution in [1.82, 2.24) is 0 Å². The Hall–Kier alpha value is -2.15. The zero-order valence-corrected chi connectivity index (χ0v) is 19.4. The molecular formula is C24H31NO5S. The smallest absolute Gasteiger partial charge is 0.341 e. The average molecular weight is 446 g/mol. The van der Waals surface area contributed by atoms with Gasteiger partial charge < -0.3 is 15.2 Å². The van der Waals surface area contributed by atoms with Crippen molar-refractivity contribution >= 4 is 34.2 Å². The minimum absolute atomic E-state index is 0.0308. The van der Waals surface area contributed by atoms with Gasteiger partial charge in [0.15, 0.2) is 0 Å². The van der Waals surface area contributed by atoms with Gasteiger partial charge in [-0.2, -0.15) is 0 Å². The van der Waals surface area contributed by atoms with Gasteiger partial charge >= 0.3 is 11.9 Å². The van der Waals surface area contributed by atoms with Crippen molar-refractivity contribution in [2.45, 2.75) is 59.3 Å². The van der Waals surface area contributed by atoms with Crippen LogP contribution in [0.4, 0.5) is 5.00 Å². The molecule has 3 aliphatic carbocycles. The number of carboxylic acid groups (broad SMARTS) is 1. The molecule has 3 aliphatic rings. The largest absolute Gasteiger partial charge is 0.481 e. The zero-order chi connectivity index (χ0) is 22.4. The summed E-state index contributed by atoms with van der Waals surface area (Å²) < 4.78 is 5.03. The van der Waals surface area contributed by atoms with Gasteiger partial charge in [-0.05, 0) is 69.3 Å². The Balaban J connectivity index is 1.67. The minimum Gasteiger partial charge on any atom is -0.481 e. The Morgan fingerprint density at radius 3 is 2.39 bits per heavy atom. The first kappa shape index (κ1) is 22.1. The third kappa shape index (κ3) is 3.60. The Bertz CT molecular complexity index is 957. The first-order valence-electron chi connectivity index (χ1n) is 11.2. The van der Waals surface area contributed by atoms with E-state index in [9.17, 15) is 19.5 Å². The number of fused-ring (bicyclic) bond motifs is 3. The second kappa shape index (κ2) is 8.41. The number of ether oxygens (including phenoxy) is 1. The number of hydrogen-bond acceptors (Lipinski definition) is 5. The molecule has 1 heterocycles. The molecular weight excluding hydrogens is 414 g/mol. The highest BCUT2D eigenvalue weighted by Crippen LogP contribution is 2.57. The molecule has 1 aromatic heterocycles. The van der Waals surface area contributed by atoms with Crippen LogP contribution in [0.15, 0.2) is 11.1 Å². The van der Waals surface area contributed by atoms with Crippen LogP contribution in [0.3, 0.4) is 0 Å². The van der Waals surface area contributed by atoms with Crippen molar-refractivity contribution in [3.8, 4) is 0 Å². The first-order valence-corrected chi connectivity index (χ1v) is 12.0. The number of allylic oxidation sites excluding steroid dienone is 2. The number of carbonyl (C=O) groups excluding carboxylic acids is 2. The number of hydrogen-bond donors (Lipinski definition) is 2. The van der Waals surface area contributed by atoms with E-state index in [4.69, 9.17) is 4.74 Å². The lowest BCUT2D eigenvalue weighted by atomic mass is 9.78. The van der Waals surface area contributed by atoms with E-state index >= 15 is 0 Å². The van der Waals surface area contributed by atoms with Crippen LogP contribution in [0.5, 0.6) is 0 Å². The fourth-order valence-electron chi connectivity index (χ4n) is 6.21. The summed E-state index contributed by atoms with van der Waals surface area (Å²) in [4.78, 5) is 39.3. The number of aliphatic carboxylic acids is 1. The van der Waals surface area contributed by atoms with E-state index in [1.54, 1.807) is 0 Å². The molecule has 7 heteroatoms. The minimum atomic E-state index is -0.907. The fraction of sp³-hybridized carbons (Fsp3) is 0.625. The number of carboxylic acids is 1. The first-order chi connectivity index (χ1) is 14.8. The molecule has 0 aliphatic heterocycles. The Kier molecular flexibility index (Phi) is 5.99. The van der Waals surface area contributed by atoms with Crippen LogP contribution in [0.1, 0.15) is 67.3 Å². The van der Waals surface area contributed by atoms with E-state index in [0.29, 0.717) is 16.5 Å². The predicted molar refractivity (Wildman–Crippen MR) is 119 cm³/mol. The second-order valence-corrected chi connectivity index (χ2v) is 10.4. The molecule has 1 aromatic rings. The number of anilines is 1. The summed E-state index contributed by atoms with van der Waals surface area (Å²) in [6, 6.07) is 0. The Morgan fingerprint density at radius 2 is 1.81 bits per heavy atom. The van der Waals surface area contributed by atoms with Gasteiger partial charge in [0.1, 0.15) is 5.00 Å². The van der Waals surface area contributed by atoms with Crippen molar-refractivity contribution < 1.29 is 24.2 Å². The maximum Gasteiger partial charge on any atom is 0.341 e. The fourth-order valence-corrected chi connectivity index (χ4v) is 7.56. The summed E-state index contributed by atoms with van der Waals surface area (Å²) in [7, 11) is 1.35. The van der Waals surface area contributed by atoms with Crippen LogP contribution in [-0.2, 0) is 27.2 Å². The van der Waals surface area contributed by atoms with Crippen LogP contribution in [0.2, 0.25) is 0 Å². The number of methoxy groups -OCH3 is 1. The number of esters is 1. The van der Waals surface area contributed by atoms with Crippen molar-refractivity contribution in [1.29, 1.82) is 0 Å². The van der Waals surface area contributed by atoms with Crippen LogP contribution < -0.4 is 5.32 Å². The number of rotatable bonds is 5. The highest BCUT2D eigenvalue weighted by Gasteiger charge is 2.57. The van der Waals surface area contributed by atoms with Crippen LogP contribution >= 0.6 is 11.3 Å². The van der Waals surface area contributed by atoms with Crippen LogP contribution in [-0.4, -0.2) is 30.1 Å². The standard InChI is InChI=1S/C24H31NO5S/c1-5-12-6-7-13-16(10-12)31-22(20(13)24(29)30-4)25-21(26)18-14-8-9-15(17(14)11(2)3)19(18)23(27)28/h12,14-15,18-19H,5-10H2,1-4H3,(H,25,26)(H,27,28)/t12-,14-,15+,18-,19+/m1/s1. The quantitative estimate of drug-likeness (QED) is 0.507. The highest BCUT2D eigenvalue weighted by atomic mass is 32.1. The molecule has 2 fully saturated rings. The van der Waals surface area contributed by atoms with Gasteiger partial charge in [0.25, 0.3) is 0 Å². The SMILES string of the molecule is CC[C@@H]1CCc2c(sc(NC(=O)[C@H]3[C@@H](C(=O)O)[C@H]4CC[C@@H]3C4=C(C)C)c2C(=O)OC)C1. The molecule has 0 radical (unpaired) electrons. The van der Waals surface area contributed by atoms with E-state index in [1.807, 2.05) is 13.8 Å². The van der Waals surface area contributed by atoms with Crippen LogP contribution in [0.25, 0.3) is 0 Å². The van der Waals surface area contributed by atoms with E-state index in [0.717, 1.165) is 60.1 Å². The lowest BCUT2D eigenvalue weighted by Crippen LogP contribution is -2.38. The van der Waals surface area contributed by atoms with E-state index < -0.39 is 23.8 Å². The molecule has 0 aromatic carbocycles. The summed E-state index contributed by atoms with van der Waals surface area (Å²) in [5.41, 5.74) is 3.73. The van der Waals surface area contributed by atoms with Gasteiger partial charge in [-0.15, -0.1) is 11.3 Å². The highest BCUT2D eigenvalue weighted by molar-refractivity contribution is 7.17. The molecule has 2 saturated carbocycles. The van der Waals surface area contributed by atoms with Gasteiger partial charge in [-0.3, -0.25) is 9.59 Å². The predicted octanol–water partition coefficient (Wildman–Crippen LogP) is 4.68. The molecule has 0 spiro atoms. The molecule has 4 rings (SSSR count). The lowest BCUT2D eigenvalue weighted by molar-refractivity contribution is -0.148. The zero-order valence-electron chi connectivity index (χ0n) is 18.6. The molecule has 2 N–H and O–H groups in total. The topological polar surface area (TPSA) is 92.7 Å². The third-order valence-electron chi connectivity index (χ3n) is 7.58. The van der Waals surface area contributed by atoms with E-state index in [-0.39, 0.29) is 17.7 Å². The average Bonchev–Trinajstić information content (AvgIpc) is 3.41. The Labute approximate surface area is 187 Å². The molecule has 6 nitrogen and oxygen atoms in total. The van der Waals surface area contributed by atoms with E-state index in [2.05, 4.69) is 12.2 Å². The van der Waals surface area contributed by atoms with E-state index in [1.165, 1.54) is 18.4 Å². The molecule has 1 amide bonds. The van der Waals surface area contributed by atoms with Crippen LogP contribution in [0, 0.1) is 29.6 Å². The van der Waals surface area contributed by atoms with Crippen molar-refractivity contribution in [2.75, 3.05) is 12.4 Å². The molecule has 5 atom stereocenters. The van der Waals surface area contributed by atoms with Crippen molar-refractivity contribution in [3.63, 3.8) is 0 Å². The van der Waals surface area contributed by atoms with Gasteiger partial charge in [0, 0.05) is 4.88 Å². The summed E-state index contributed by atoms with van der Waals surface area (Å²) in [5.74, 6) is -2.44. The monoisotopic (exact) mass is 445 g/mol. The number of amides is 1. The summed E-state index contributed by atoms with van der Waals surface area (Å²) in [6.45, 7) is 6.19. The van der Waals surface area contributed by atoms with Crippen molar-refractivity contribution in [2.24, 2.45) is 29.6 Å². The van der Waals surface area contributed by atoms with Gasteiger partial charge in [0.05, 0.1) is 24.5 Å². The molecule has 2 bridgehead atoms. The van der Waals surface area contributed by atoms with Gasteiger partial charge in [-0.1, -0.05) is 24.5 Å². The number of thiophene rings is 1. The molecule has 0 unspecified atom stereocenters. The maximum atomic E-state index is 13.4. The van der Waals surface area contributed by atoms with Gasteiger partial charge in [-0.25, -0.2) is 4.79 Å². The summed E-state index contributed by atoms with van der Waals surface area (Å²) in [5, 5.41) is 13.4. The normalized spacial score (nSPS) is 28.9. The summed E-state index contributed by atoms with van der Waals surface area (Å²) >= 11 is 1.46. The lowest BCUT2D eigenvalue weighted by Gasteiger charge is -2.26. The number of carbonyl (C=O) groups is 3. The van der Waals surface area contributed by atoms with Gasteiger partial charge in [0.2, 0.25) is 5.91 Å². The number of nitrogens with one attached hydrogen (secondary N) is 1. The third-order valence-corrected chi connectivity index (χ3v) is 8.75. The summed E-state index contributed by atoms with van der Waals surface area (Å²) in [6.07, 6.45) is 5.49. The Morgan fingerprint density at radius 1 is 1.13 bits per heavy atom. The van der Waals surface area contributed by atoms with Crippen molar-refractivity contribution in [3.05, 3.63) is 27.2 Å². The second-order valence-electron chi connectivity index (χ2n) is 9.34. The molecule has 31 heavy (non-hydrogen) atoms.